The van der Waals surface area contributed by atoms with Gasteiger partial charge < -0.3 is 10.6 Å². The highest BCUT2D eigenvalue weighted by molar-refractivity contribution is 6.04. The average Bonchev–Trinajstić information content (AvgIpc) is 2.63. The molecular formula is C20H19N3O. The Balaban J connectivity index is 1.65. The number of nitrogens with zero attached hydrogens (tertiary/aromatic N) is 1. The molecule has 4 heteroatoms. The summed E-state index contributed by atoms with van der Waals surface area (Å²) < 4.78 is 0. The minimum absolute atomic E-state index is 0.172. The Morgan fingerprint density at radius 3 is 2.46 bits per heavy atom. The van der Waals surface area contributed by atoms with Crippen molar-refractivity contribution < 1.29 is 4.79 Å². The lowest BCUT2D eigenvalue weighted by Crippen LogP contribution is -2.12. The van der Waals surface area contributed by atoms with Crippen LogP contribution in [0.25, 0.3) is 0 Å². The van der Waals surface area contributed by atoms with E-state index in [2.05, 4.69) is 15.6 Å². The van der Waals surface area contributed by atoms with E-state index in [4.69, 9.17) is 0 Å². The Morgan fingerprint density at radius 2 is 1.71 bits per heavy atom. The molecule has 0 bridgehead atoms. The summed E-state index contributed by atoms with van der Waals surface area (Å²) in [7, 11) is 0. The fourth-order valence-corrected chi connectivity index (χ4v) is 2.30. The van der Waals surface area contributed by atoms with E-state index in [1.54, 1.807) is 18.5 Å². The topological polar surface area (TPSA) is 54.0 Å². The second-order valence-corrected chi connectivity index (χ2v) is 5.62. The first-order valence-electron chi connectivity index (χ1n) is 7.81. The zero-order chi connectivity index (χ0) is 16.8. The lowest BCUT2D eigenvalue weighted by molar-refractivity contribution is 0.102. The zero-order valence-corrected chi connectivity index (χ0v) is 13.5. The molecule has 0 saturated heterocycles. The monoisotopic (exact) mass is 317 g/mol. The molecule has 1 aromatic heterocycles. The van der Waals surface area contributed by atoms with Gasteiger partial charge in [0, 0.05) is 24.6 Å². The Kier molecular flexibility index (Phi) is 4.87. The molecule has 3 rings (SSSR count). The number of rotatable bonds is 5. The van der Waals surface area contributed by atoms with Crippen LogP contribution in [-0.2, 0) is 6.54 Å². The van der Waals surface area contributed by atoms with Crippen molar-refractivity contribution in [3.8, 4) is 0 Å². The van der Waals surface area contributed by atoms with Crippen molar-refractivity contribution in [2.75, 3.05) is 10.6 Å². The van der Waals surface area contributed by atoms with Crippen LogP contribution < -0.4 is 10.6 Å². The molecule has 2 aromatic carbocycles. The van der Waals surface area contributed by atoms with Crippen molar-refractivity contribution in [2.45, 2.75) is 13.5 Å². The molecule has 0 aliphatic heterocycles. The predicted molar refractivity (Wildman–Crippen MR) is 97.1 cm³/mol. The highest BCUT2D eigenvalue weighted by Crippen LogP contribution is 2.14. The molecule has 2 N–H and O–H groups in total. The summed E-state index contributed by atoms with van der Waals surface area (Å²) in [5, 5.41) is 6.16. The summed E-state index contributed by atoms with van der Waals surface area (Å²) >= 11 is 0. The van der Waals surface area contributed by atoms with Crippen LogP contribution in [0.3, 0.4) is 0 Å². The van der Waals surface area contributed by atoms with Crippen molar-refractivity contribution in [1.82, 2.24) is 4.98 Å². The Morgan fingerprint density at radius 1 is 0.958 bits per heavy atom. The Bertz CT molecular complexity index is 814. The molecule has 1 amide bonds. The lowest BCUT2D eigenvalue weighted by Gasteiger charge is -2.09. The third-order valence-electron chi connectivity index (χ3n) is 3.65. The smallest absolute Gasteiger partial charge is 0.257 e. The maximum Gasteiger partial charge on any atom is 0.257 e. The molecule has 3 aromatic rings. The average molecular weight is 317 g/mol. The second kappa shape index (κ2) is 7.42. The number of amides is 1. The summed E-state index contributed by atoms with van der Waals surface area (Å²) in [5.74, 6) is -0.172. The number of carbonyl (C=O) groups excluding carboxylic acids is 1. The Labute approximate surface area is 141 Å². The molecule has 0 fully saturated rings. The summed E-state index contributed by atoms with van der Waals surface area (Å²) in [5.41, 5.74) is 4.44. The van der Waals surface area contributed by atoms with E-state index in [1.807, 2.05) is 61.5 Å². The standard InChI is InChI=1S/C20H19N3O/c1-15-7-9-18(10-8-15)23-20(24)17-11-19(14-21-13-17)22-12-16-5-3-2-4-6-16/h2-11,13-14,22H,12H2,1H3,(H,23,24). The van der Waals surface area contributed by atoms with Crippen LogP contribution in [0.4, 0.5) is 11.4 Å². The van der Waals surface area contributed by atoms with E-state index in [0.29, 0.717) is 12.1 Å². The number of pyridine rings is 1. The van der Waals surface area contributed by atoms with Gasteiger partial charge in [-0.3, -0.25) is 9.78 Å². The normalized spacial score (nSPS) is 10.2. The minimum Gasteiger partial charge on any atom is -0.380 e. The summed E-state index contributed by atoms with van der Waals surface area (Å²) in [6.07, 6.45) is 3.28. The van der Waals surface area contributed by atoms with Crippen molar-refractivity contribution in [2.24, 2.45) is 0 Å². The largest absolute Gasteiger partial charge is 0.380 e. The van der Waals surface area contributed by atoms with Gasteiger partial charge in [-0.15, -0.1) is 0 Å². The number of hydrogen-bond donors (Lipinski definition) is 2. The van der Waals surface area contributed by atoms with Gasteiger partial charge in [-0.2, -0.15) is 0 Å². The third kappa shape index (κ3) is 4.20. The van der Waals surface area contributed by atoms with Crippen LogP contribution in [0.5, 0.6) is 0 Å². The third-order valence-corrected chi connectivity index (χ3v) is 3.65. The number of carbonyl (C=O) groups is 1. The first-order valence-corrected chi connectivity index (χ1v) is 7.81. The van der Waals surface area contributed by atoms with Gasteiger partial charge in [0.15, 0.2) is 0 Å². The fraction of sp³-hybridized carbons (Fsp3) is 0.100. The van der Waals surface area contributed by atoms with Crippen LogP contribution in [-0.4, -0.2) is 10.9 Å². The summed E-state index contributed by atoms with van der Waals surface area (Å²) in [6.45, 7) is 2.70. The molecule has 0 atom stereocenters. The van der Waals surface area contributed by atoms with Crippen molar-refractivity contribution in [3.63, 3.8) is 0 Å². The van der Waals surface area contributed by atoms with Crippen LogP contribution in [0.15, 0.2) is 73.1 Å². The molecule has 0 saturated carbocycles. The van der Waals surface area contributed by atoms with Crippen molar-refractivity contribution in [1.29, 1.82) is 0 Å². The van der Waals surface area contributed by atoms with Crippen molar-refractivity contribution >= 4 is 17.3 Å². The van der Waals surface area contributed by atoms with Crippen LogP contribution in [0.1, 0.15) is 21.5 Å². The summed E-state index contributed by atoms with van der Waals surface area (Å²) in [6, 6.07) is 19.6. The van der Waals surface area contributed by atoms with Gasteiger partial charge in [0.25, 0.3) is 5.91 Å². The highest BCUT2D eigenvalue weighted by atomic mass is 16.1. The van der Waals surface area contributed by atoms with E-state index in [0.717, 1.165) is 16.9 Å². The quantitative estimate of drug-likeness (QED) is 0.739. The van der Waals surface area contributed by atoms with Gasteiger partial charge in [-0.05, 0) is 30.7 Å². The molecule has 4 nitrogen and oxygen atoms in total. The molecule has 1 heterocycles. The van der Waals surface area contributed by atoms with E-state index in [-0.39, 0.29) is 5.91 Å². The molecule has 24 heavy (non-hydrogen) atoms. The van der Waals surface area contributed by atoms with Gasteiger partial charge in [0.1, 0.15) is 0 Å². The second-order valence-electron chi connectivity index (χ2n) is 5.62. The maximum absolute atomic E-state index is 12.3. The molecule has 0 aliphatic carbocycles. The number of aromatic nitrogens is 1. The molecule has 0 radical (unpaired) electrons. The molecule has 0 unspecified atom stereocenters. The van der Waals surface area contributed by atoms with Gasteiger partial charge in [-0.1, -0.05) is 48.0 Å². The zero-order valence-electron chi connectivity index (χ0n) is 13.5. The number of anilines is 2. The molecule has 0 spiro atoms. The van der Waals surface area contributed by atoms with Gasteiger partial charge in [0.05, 0.1) is 11.3 Å². The highest BCUT2D eigenvalue weighted by Gasteiger charge is 2.07. The lowest BCUT2D eigenvalue weighted by atomic mass is 10.2. The number of nitrogens with one attached hydrogen (secondary N) is 2. The molecular weight excluding hydrogens is 298 g/mol. The first kappa shape index (κ1) is 15.7. The number of hydrogen-bond acceptors (Lipinski definition) is 3. The van der Waals surface area contributed by atoms with Crippen molar-refractivity contribution in [3.05, 3.63) is 89.7 Å². The minimum atomic E-state index is -0.172. The Hall–Kier alpha value is -3.14. The van der Waals surface area contributed by atoms with Crippen LogP contribution >= 0.6 is 0 Å². The molecule has 120 valence electrons. The number of benzene rings is 2. The van der Waals surface area contributed by atoms with Crippen LogP contribution in [0, 0.1) is 6.92 Å². The predicted octanol–water partition coefficient (Wildman–Crippen LogP) is 4.25. The van der Waals surface area contributed by atoms with Gasteiger partial charge >= 0.3 is 0 Å². The van der Waals surface area contributed by atoms with E-state index < -0.39 is 0 Å². The van der Waals surface area contributed by atoms with Gasteiger partial charge in [-0.25, -0.2) is 0 Å². The SMILES string of the molecule is Cc1ccc(NC(=O)c2cncc(NCc3ccccc3)c2)cc1. The van der Waals surface area contributed by atoms with E-state index in [1.165, 1.54) is 5.56 Å². The van der Waals surface area contributed by atoms with Crippen LogP contribution in [0.2, 0.25) is 0 Å². The summed E-state index contributed by atoms with van der Waals surface area (Å²) in [4.78, 5) is 16.5. The maximum atomic E-state index is 12.3. The van der Waals surface area contributed by atoms with E-state index in [9.17, 15) is 4.79 Å². The number of aryl methyl sites for hydroxylation is 1. The molecule has 0 aliphatic rings. The fourth-order valence-electron chi connectivity index (χ4n) is 2.30. The van der Waals surface area contributed by atoms with Gasteiger partial charge in [0.2, 0.25) is 0 Å². The first-order chi connectivity index (χ1) is 11.7. The van der Waals surface area contributed by atoms with E-state index >= 15 is 0 Å².